The number of rotatable bonds is 5. The number of aromatic nitrogens is 1. The molecule has 146 valence electrons. The number of H-pyrrole nitrogens is 1. The molecule has 1 fully saturated rings. The minimum Gasteiger partial charge on any atom is -0.497 e. The van der Waals surface area contributed by atoms with Gasteiger partial charge in [-0.1, -0.05) is 18.2 Å². The molecule has 2 N–H and O–H groups in total. The summed E-state index contributed by atoms with van der Waals surface area (Å²) in [6.45, 7) is 1.30. The lowest BCUT2D eigenvalue weighted by Gasteiger charge is -2.29. The number of hydrogen-bond acceptors (Lipinski definition) is 3. The van der Waals surface area contributed by atoms with Gasteiger partial charge in [-0.25, -0.2) is 0 Å². The van der Waals surface area contributed by atoms with Crippen LogP contribution in [0.1, 0.15) is 24.8 Å². The van der Waals surface area contributed by atoms with E-state index < -0.39 is 0 Å². The second-order valence-corrected chi connectivity index (χ2v) is 7.36. The number of nitrogens with zero attached hydrogens (tertiary/aromatic N) is 1. The molecule has 5 nitrogen and oxygen atoms in total. The molecule has 1 aliphatic rings. The van der Waals surface area contributed by atoms with Crippen LogP contribution in [0.4, 0.5) is 0 Å². The summed E-state index contributed by atoms with van der Waals surface area (Å²) >= 11 is 0. The lowest BCUT2D eigenvalue weighted by molar-refractivity contribution is -0.133. The van der Waals surface area contributed by atoms with Crippen molar-refractivity contribution >= 4 is 16.8 Å². The third kappa shape index (κ3) is 3.76. The highest BCUT2D eigenvalue weighted by Gasteiger charge is 2.22. The zero-order chi connectivity index (χ0) is 19.5. The summed E-state index contributed by atoms with van der Waals surface area (Å²) in [5.74, 6) is 0.988. The lowest BCUT2D eigenvalue weighted by Crippen LogP contribution is -2.40. The van der Waals surface area contributed by atoms with Gasteiger partial charge in [0.15, 0.2) is 0 Å². The Balaban J connectivity index is 1.59. The van der Waals surface area contributed by atoms with Gasteiger partial charge in [0.05, 0.1) is 13.2 Å². The summed E-state index contributed by atoms with van der Waals surface area (Å²) in [7, 11) is 1.66. The van der Waals surface area contributed by atoms with E-state index in [1.165, 1.54) is 5.56 Å². The van der Waals surface area contributed by atoms with Crippen molar-refractivity contribution in [3.05, 3.63) is 54.1 Å². The summed E-state index contributed by atoms with van der Waals surface area (Å²) in [5.41, 5.74) is 4.40. The van der Waals surface area contributed by atoms with Crippen LogP contribution in [-0.4, -0.2) is 47.2 Å². The normalized spacial score (nSPS) is 15.1. The number of aliphatic hydroxyl groups is 1. The number of ether oxygens (including phenoxy) is 1. The molecule has 0 radical (unpaired) electrons. The molecule has 0 saturated carbocycles. The molecule has 1 aromatic heterocycles. The Bertz CT molecular complexity index is 954. The van der Waals surface area contributed by atoms with Gasteiger partial charge >= 0.3 is 0 Å². The van der Waals surface area contributed by atoms with Crippen molar-refractivity contribution in [2.24, 2.45) is 0 Å². The van der Waals surface area contributed by atoms with E-state index in [4.69, 9.17) is 4.74 Å². The monoisotopic (exact) mass is 378 g/mol. The number of carbonyl (C=O) groups is 1. The number of methoxy groups -OCH3 is 1. The third-order valence-electron chi connectivity index (χ3n) is 5.60. The van der Waals surface area contributed by atoms with Gasteiger partial charge in [0.1, 0.15) is 5.75 Å². The summed E-state index contributed by atoms with van der Waals surface area (Å²) in [5, 5.41) is 10.8. The Hall–Kier alpha value is -2.79. The molecule has 2 heterocycles. The molecule has 1 saturated heterocycles. The van der Waals surface area contributed by atoms with Crippen molar-refractivity contribution in [1.82, 2.24) is 9.88 Å². The van der Waals surface area contributed by atoms with Crippen LogP contribution in [0.3, 0.4) is 0 Å². The number of benzene rings is 2. The predicted octanol–water partition coefficient (Wildman–Crippen LogP) is 3.76. The van der Waals surface area contributed by atoms with Gasteiger partial charge in [0.2, 0.25) is 5.91 Å². The number of carbonyl (C=O) groups excluding carboxylic acids is 1. The van der Waals surface area contributed by atoms with E-state index in [0.717, 1.165) is 27.9 Å². The molecular weight excluding hydrogens is 352 g/mol. The van der Waals surface area contributed by atoms with Crippen molar-refractivity contribution in [3.63, 3.8) is 0 Å². The second-order valence-electron chi connectivity index (χ2n) is 7.36. The minimum atomic E-state index is -0.264. The molecule has 0 atom stereocenters. The molecule has 0 spiro atoms. The van der Waals surface area contributed by atoms with Crippen molar-refractivity contribution in [2.75, 3.05) is 20.2 Å². The number of aryl methyl sites for hydroxylation is 1. The SMILES string of the molecule is COc1ccc(-c2[nH]c3ccccc3c2CCC(=O)N2CCC(O)CC2)cc1. The van der Waals surface area contributed by atoms with Crippen LogP contribution in [0.2, 0.25) is 0 Å². The van der Waals surface area contributed by atoms with Gasteiger partial charge in [-0.15, -0.1) is 0 Å². The number of fused-ring (bicyclic) bond motifs is 1. The molecule has 28 heavy (non-hydrogen) atoms. The van der Waals surface area contributed by atoms with E-state index in [1.54, 1.807) is 7.11 Å². The Labute approximate surface area is 164 Å². The van der Waals surface area contributed by atoms with Gasteiger partial charge in [-0.2, -0.15) is 0 Å². The van der Waals surface area contributed by atoms with Crippen LogP contribution in [-0.2, 0) is 11.2 Å². The topological polar surface area (TPSA) is 65.6 Å². The summed E-state index contributed by atoms with van der Waals surface area (Å²) in [6, 6.07) is 16.2. The average molecular weight is 378 g/mol. The van der Waals surface area contributed by atoms with Crippen LogP contribution in [0.15, 0.2) is 48.5 Å². The highest BCUT2D eigenvalue weighted by Crippen LogP contribution is 2.32. The summed E-state index contributed by atoms with van der Waals surface area (Å²) in [4.78, 5) is 18.1. The van der Waals surface area contributed by atoms with Crippen molar-refractivity contribution in [1.29, 1.82) is 0 Å². The molecule has 2 aromatic carbocycles. The number of amides is 1. The molecule has 3 aromatic rings. The maximum Gasteiger partial charge on any atom is 0.222 e. The van der Waals surface area contributed by atoms with Crippen LogP contribution in [0, 0.1) is 0 Å². The second kappa shape index (κ2) is 8.07. The molecule has 1 aliphatic heterocycles. The van der Waals surface area contributed by atoms with E-state index in [-0.39, 0.29) is 12.0 Å². The van der Waals surface area contributed by atoms with Gasteiger partial charge < -0.3 is 19.7 Å². The van der Waals surface area contributed by atoms with Crippen molar-refractivity contribution in [3.8, 4) is 17.0 Å². The van der Waals surface area contributed by atoms with Crippen LogP contribution < -0.4 is 4.74 Å². The lowest BCUT2D eigenvalue weighted by atomic mass is 10.00. The number of likely N-dealkylation sites (tertiary alicyclic amines) is 1. The average Bonchev–Trinajstić information content (AvgIpc) is 3.11. The van der Waals surface area contributed by atoms with Crippen LogP contribution in [0.25, 0.3) is 22.2 Å². The molecule has 5 heteroatoms. The van der Waals surface area contributed by atoms with E-state index in [9.17, 15) is 9.90 Å². The predicted molar refractivity (Wildman–Crippen MR) is 110 cm³/mol. The molecule has 0 aliphatic carbocycles. The first-order valence-corrected chi connectivity index (χ1v) is 9.85. The van der Waals surface area contributed by atoms with Crippen LogP contribution >= 0.6 is 0 Å². The van der Waals surface area contributed by atoms with E-state index in [0.29, 0.717) is 38.8 Å². The third-order valence-corrected chi connectivity index (χ3v) is 5.60. The highest BCUT2D eigenvalue weighted by atomic mass is 16.5. The minimum absolute atomic E-state index is 0.165. The zero-order valence-electron chi connectivity index (χ0n) is 16.1. The van der Waals surface area contributed by atoms with Gasteiger partial charge in [-0.05, 0) is 60.7 Å². The number of aromatic amines is 1. The fraction of sp³-hybridized carbons (Fsp3) is 0.348. The highest BCUT2D eigenvalue weighted by molar-refractivity contribution is 5.91. The smallest absolute Gasteiger partial charge is 0.222 e. The standard InChI is InChI=1S/C23H26N2O3/c1-28-18-8-6-16(7-9-18)23-20(19-4-2-3-5-21(19)24-23)10-11-22(27)25-14-12-17(26)13-15-25/h2-9,17,24,26H,10-15H2,1H3. The van der Waals surface area contributed by atoms with Gasteiger partial charge in [-0.3, -0.25) is 4.79 Å². The Morgan fingerprint density at radius 1 is 1.14 bits per heavy atom. The zero-order valence-corrected chi connectivity index (χ0v) is 16.1. The first-order valence-electron chi connectivity index (χ1n) is 9.85. The van der Waals surface area contributed by atoms with Gasteiger partial charge in [0, 0.05) is 36.1 Å². The van der Waals surface area contributed by atoms with Crippen LogP contribution in [0.5, 0.6) is 5.75 Å². The van der Waals surface area contributed by atoms with E-state index >= 15 is 0 Å². The maximum absolute atomic E-state index is 12.7. The number of aliphatic hydroxyl groups excluding tert-OH is 1. The summed E-state index contributed by atoms with van der Waals surface area (Å²) in [6.07, 6.45) is 2.25. The first kappa shape index (κ1) is 18.6. The quantitative estimate of drug-likeness (QED) is 0.710. The Kier molecular flexibility index (Phi) is 5.35. The van der Waals surface area contributed by atoms with Crippen molar-refractivity contribution in [2.45, 2.75) is 31.8 Å². The Morgan fingerprint density at radius 3 is 2.57 bits per heavy atom. The van der Waals surface area contributed by atoms with E-state index in [2.05, 4.69) is 17.1 Å². The summed E-state index contributed by atoms with van der Waals surface area (Å²) < 4.78 is 5.27. The molecule has 0 bridgehead atoms. The molecular formula is C23H26N2O3. The number of piperidine rings is 1. The largest absolute Gasteiger partial charge is 0.497 e. The first-order chi connectivity index (χ1) is 13.7. The number of hydrogen-bond donors (Lipinski definition) is 2. The molecule has 4 rings (SSSR count). The van der Waals surface area contributed by atoms with Crippen molar-refractivity contribution < 1.29 is 14.6 Å². The van der Waals surface area contributed by atoms with Gasteiger partial charge in [0.25, 0.3) is 0 Å². The Morgan fingerprint density at radius 2 is 1.86 bits per heavy atom. The maximum atomic E-state index is 12.7. The fourth-order valence-corrected chi connectivity index (χ4v) is 3.97. The molecule has 0 unspecified atom stereocenters. The number of para-hydroxylation sites is 1. The molecule has 1 amide bonds. The fourth-order valence-electron chi connectivity index (χ4n) is 3.97. The van der Waals surface area contributed by atoms with E-state index in [1.807, 2.05) is 41.3 Å². The number of nitrogens with one attached hydrogen (secondary N) is 1.